The topological polar surface area (TPSA) is 86.9 Å². The maximum atomic E-state index is 12.4. The van der Waals surface area contributed by atoms with E-state index in [0.717, 1.165) is 18.5 Å². The summed E-state index contributed by atoms with van der Waals surface area (Å²) in [6.45, 7) is 8.95. The summed E-state index contributed by atoms with van der Waals surface area (Å²) in [4.78, 5) is 0. The molecule has 20 heavy (non-hydrogen) atoms. The normalized spacial score (nSPS) is 17.6. The lowest BCUT2D eigenvalue weighted by Gasteiger charge is -2.12. The fraction of sp³-hybridized carbons (Fsp3) is 0.769. The molecule has 0 spiro atoms. The molecule has 0 saturated heterocycles. The van der Waals surface area contributed by atoms with Gasteiger partial charge in [-0.25, -0.2) is 13.1 Å². The third kappa shape index (κ3) is 3.59. The molecular formula is C13H24N4O2S. The number of hydrogen-bond donors (Lipinski definition) is 3. The Bertz CT molecular complexity index is 573. The van der Waals surface area contributed by atoms with E-state index >= 15 is 0 Å². The maximum Gasteiger partial charge on any atom is 0.260 e. The monoisotopic (exact) mass is 300 g/mol. The predicted molar refractivity (Wildman–Crippen MR) is 77.8 cm³/mol. The first-order chi connectivity index (χ1) is 9.23. The average Bonchev–Trinajstić information content (AvgIpc) is 2.97. The maximum absolute atomic E-state index is 12.4. The van der Waals surface area contributed by atoms with Crippen LogP contribution in [-0.2, 0) is 16.6 Å². The molecule has 1 aliphatic carbocycles. The second kappa shape index (κ2) is 5.46. The van der Waals surface area contributed by atoms with Crippen LogP contribution in [0.4, 0.5) is 0 Å². The van der Waals surface area contributed by atoms with Crippen LogP contribution in [0.2, 0.25) is 0 Å². The van der Waals surface area contributed by atoms with Gasteiger partial charge >= 0.3 is 0 Å². The molecule has 0 aromatic carbocycles. The SMILES string of the molecule is Cc1[nH]nc(S(=O)(=O)NCC2(C)CC2)c1CNC(C)C. The van der Waals surface area contributed by atoms with Gasteiger partial charge in [0.25, 0.3) is 10.0 Å². The van der Waals surface area contributed by atoms with Crippen LogP contribution in [0, 0.1) is 12.3 Å². The summed E-state index contributed by atoms with van der Waals surface area (Å²) in [7, 11) is -3.54. The molecule has 3 N–H and O–H groups in total. The van der Waals surface area contributed by atoms with Crippen LogP contribution in [0.15, 0.2) is 5.03 Å². The number of H-pyrrole nitrogens is 1. The van der Waals surface area contributed by atoms with Gasteiger partial charge in [-0.3, -0.25) is 5.10 Å². The van der Waals surface area contributed by atoms with Crippen molar-refractivity contribution in [2.75, 3.05) is 6.54 Å². The van der Waals surface area contributed by atoms with Crippen molar-refractivity contribution in [3.63, 3.8) is 0 Å². The zero-order chi connectivity index (χ0) is 15.0. The van der Waals surface area contributed by atoms with Crippen molar-refractivity contribution in [3.05, 3.63) is 11.3 Å². The van der Waals surface area contributed by atoms with Gasteiger partial charge in [-0.15, -0.1) is 0 Å². The Balaban J connectivity index is 2.13. The van der Waals surface area contributed by atoms with Gasteiger partial charge in [-0.05, 0) is 25.2 Å². The summed E-state index contributed by atoms with van der Waals surface area (Å²) < 4.78 is 27.4. The zero-order valence-corrected chi connectivity index (χ0v) is 13.4. The molecule has 1 saturated carbocycles. The summed E-state index contributed by atoms with van der Waals surface area (Å²) in [5.41, 5.74) is 1.64. The molecule has 2 rings (SSSR count). The van der Waals surface area contributed by atoms with Gasteiger partial charge in [0.1, 0.15) is 0 Å². The number of rotatable bonds is 7. The smallest absolute Gasteiger partial charge is 0.260 e. The number of aromatic nitrogens is 2. The highest BCUT2D eigenvalue weighted by Gasteiger charge is 2.38. The van der Waals surface area contributed by atoms with Crippen molar-refractivity contribution < 1.29 is 8.42 Å². The Hall–Kier alpha value is -0.920. The first kappa shape index (κ1) is 15.5. The lowest BCUT2D eigenvalue weighted by atomic mass is 10.2. The molecule has 1 fully saturated rings. The van der Waals surface area contributed by atoms with Gasteiger partial charge in [-0.2, -0.15) is 5.10 Å². The highest BCUT2D eigenvalue weighted by atomic mass is 32.2. The largest absolute Gasteiger partial charge is 0.310 e. The number of aryl methyl sites for hydroxylation is 1. The number of sulfonamides is 1. The summed E-state index contributed by atoms with van der Waals surface area (Å²) in [5, 5.41) is 10.1. The van der Waals surface area contributed by atoms with Crippen molar-refractivity contribution in [1.82, 2.24) is 20.2 Å². The van der Waals surface area contributed by atoms with Gasteiger partial charge in [0, 0.05) is 30.4 Å². The van der Waals surface area contributed by atoms with Crippen LogP contribution >= 0.6 is 0 Å². The van der Waals surface area contributed by atoms with E-state index < -0.39 is 10.0 Å². The summed E-state index contributed by atoms with van der Waals surface area (Å²) in [5.74, 6) is 0. The van der Waals surface area contributed by atoms with E-state index in [9.17, 15) is 8.42 Å². The van der Waals surface area contributed by atoms with Crippen molar-refractivity contribution >= 4 is 10.0 Å². The number of nitrogens with zero attached hydrogens (tertiary/aromatic N) is 1. The molecule has 0 unspecified atom stereocenters. The van der Waals surface area contributed by atoms with Crippen LogP contribution in [0.1, 0.15) is 44.9 Å². The number of aromatic amines is 1. The molecule has 1 heterocycles. The second-order valence-corrected chi connectivity index (χ2v) is 7.99. The molecule has 0 radical (unpaired) electrons. The van der Waals surface area contributed by atoms with E-state index in [0.29, 0.717) is 18.7 Å². The fourth-order valence-electron chi connectivity index (χ4n) is 1.89. The van der Waals surface area contributed by atoms with Crippen molar-refractivity contribution in [2.24, 2.45) is 5.41 Å². The van der Waals surface area contributed by atoms with Crippen molar-refractivity contribution in [2.45, 2.75) is 58.1 Å². The van der Waals surface area contributed by atoms with Crippen molar-refractivity contribution in [1.29, 1.82) is 0 Å². The van der Waals surface area contributed by atoms with E-state index in [1.807, 2.05) is 20.8 Å². The van der Waals surface area contributed by atoms with E-state index in [1.54, 1.807) is 0 Å². The highest BCUT2D eigenvalue weighted by Crippen LogP contribution is 2.44. The van der Waals surface area contributed by atoms with Gasteiger partial charge in [0.15, 0.2) is 5.03 Å². The van der Waals surface area contributed by atoms with Gasteiger partial charge in [-0.1, -0.05) is 20.8 Å². The number of hydrogen-bond acceptors (Lipinski definition) is 4. The highest BCUT2D eigenvalue weighted by molar-refractivity contribution is 7.89. The van der Waals surface area contributed by atoms with E-state index in [1.165, 1.54) is 0 Å². The Morgan fingerprint density at radius 3 is 2.60 bits per heavy atom. The molecule has 0 bridgehead atoms. The van der Waals surface area contributed by atoms with Crippen molar-refractivity contribution in [3.8, 4) is 0 Å². The molecule has 114 valence electrons. The van der Waals surface area contributed by atoms with Gasteiger partial charge < -0.3 is 5.32 Å². The van der Waals surface area contributed by atoms with Gasteiger partial charge in [0.2, 0.25) is 0 Å². The van der Waals surface area contributed by atoms with Crippen LogP contribution in [0.3, 0.4) is 0 Å². The molecule has 7 heteroatoms. The second-order valence-electron chi connectivity index (χ2n) is 6.30. The van der Waals surface area contributed by atoms with Crippen LogP contribution in [0.5, 0.6) is 0 Å². The Morgan fingerprint density at radius 1 is 1.40 bits per heavy atom. The molecular weight excluding hydrogens is 276 g/mol. The summed E-state index contributed by atoms with van der Waals surface area (Å²) in [6.07, 6.45) is 2.16. The van der Waals surface area contributed by atoms with Crippen LogP contribution in [-0.4, -0.2) is 31.2 Å². The first-order valence-electron chi connectivity index (χ1n) is 7.00. The van der Waals surface area contributed by atoms with Gasteiger partial charge in [0.05, 0.1) is 0 Å². The minimum absolute atomic E-state index is 0.118. The Kier molecular flexibility index (Phi) is 4.22. The quantitative estimate of drug-likeness (QED) is 0.708. The summed E-state index contributed by atoms with van der Waals surface area (Å²) in [6, 6.07) is 0.290. The Labute approximate surface area is 120 Å². The van der Waals surface area contributed by atoms with E-state index in [4.69, 9.17) is 0 Å². The first-order valence-corrected chi connectivity index (χ1v) is 8.49. The van der Waals surface area contributed by atoms with Crippen LogP contribution < -0.4 is 10.0 Å². The third-order valence-electron chi connectivity index (χ3n) is 3.77. The van der Waals surface area contributed by atoms with E-state index in [-0.39, 0.29) is 16.5 Å². The molecule has 1 aromatic rings. The third-order valence-corrected chi connectivity index (χ3v) is 5.14. The molecule has 0 amide bonds. The lowest BCUT2D eigenvalue weighted by Crippen LogP contribution is -2.31. The molecule has 0 atom stereocenters. The molecule has 1 aliphatic rings. The fourth-order valence-corrected chi connectivity index (χ4v) is 3.29. The minimum atomic E-state index is -3.54. The zero-order valence-electron chi connectivity index (χ0n) is 12.6. The molecule has 6 nitrogen and oxygen atoms in total. The Morgan fingerprint density at radius 2 is 2.05 bits per heavy atom. The minimum Gasteiger partial charge on any atom is -0.310 e. The molecule has 1 aromatic heterocycles. The number of nitrogens with one attached hydrogen (secondary N) is 3. The van der Waals surface area contributed by atoms with Crippen LogP contribution in [0.25, 0.3) is 0 Å². The summed E-state index contributed by atoms with van der Waals surface area (Å²) >= 11 is 0. The van der Waals surface area contributed by atoms with E-state index in [2.05, 4.69) is 27.2 Å². The lowest BCUT2D eigenvalue weighted by molar-refractivity contribution is 0.525. The molecule has 0 aliphatic heterocycles. The predicted octanol–water partition coefficient (Wildman–Crippen LogP) is 1.29. The average molecular weight is 300 g/mol. The standard InChI is InChI=1S/C13H24N4O2S/c1-9(2)14-7-11-10(3)16-17-12(11)20(18,19)15-8-13(4)5-6-13/h9,14-15H,5-8H2,1-4H3,(H,16,17).